The first kappa shape index (κ1) is 19.7. The first-order valence-corrected chi connectivity index (χ1v) is 9.02. The maximum atomic E-state index is 14.1. The lowest BCUT2D eigenvalue weighted by Crippen LogP contribution is -2.47. The van der Waals surface area contributed by atoms with Gasteiger partial charge in [-0.3, -0.25) is 19.3 Å². The first-order chi connectivity index (χ1) is 13.3. The highest BCUT2D eigenvalue weighted by molar-refractivity contribution is 5.92. The molecule has 1 fully saturated rings. The van der Waals surface area contributed by atoms with Gasteiger partial charge in [0.25, 0.3) is 5.91 Å². The molecule has 3 N–H and O–H groups in total. The third-order valence-corrected chi connectivity index (χ3v) is 4.71. The van der Waals surface area contributed by atoms with Gasteiger partial charge in [0.15, 0.2) is 5.69 Å². The minimum absolute atomic E-state index is 0.138. The van der Waals surface area contributed by atoms with Crippen LogP contribution >= 0.6 is 0 Å². The molecule has 1 aliphatic rings. The van der Waals surface area contributed by atoms with Crippen LogP contribution in [0.25, 0.3) is 5.69 Å². The second-order valence-corrected chi connectivity index (χ2v) is 6.85. The SMILES string of the molecule is Cc1cc(=O)c(C(=O)NC2CCN(CC(N)=O)CC2)nn1-c1ccccc1F. The highest BCUT2D eigenvalue weighted by Crippen LogP contribution is 2.14. The quantitative estimate of drug-likeness (QED) is 0.770. The van der Waals surface area contributed by atoms with E-state index in [-0.39, 0.29) is 29.9 Å². The van der Waals surface area contributed by atoms with Crippen LogP contribution in [-0.4, -0.2) is 52.2 Å². The summed E-state index contributed by atoms with van der Waals surface area (Å²) < 4.78 is 15.4. The van der Waals surface area contributed by atoms with E-state index in [0.29, 0.717) is 31.6 Å². The van der Waals surface area contributed by atoms with E-state index in [1.807, 2.05) is 4.90 Å². The predicted octanol–water partition coefficient (Wildman–Crippen LogP) is 0.360. The van der Waals surface area contributed by atoms with Crippen LogP contribution < -0.4 is 16.5 Å². The fourth-order valence-corrected chi connectivity index (χ4v) is 3.28. The number of rotatable bonds is 5. The van der Waals surface area contributed by atoms with Crippen molar-refractivity contribution < 1.29 is 14.0 Å². The van der Waals surface area contributed by atoms with Crippen molar-refractivity contribution in [1.29, 1.82) is 0 Å². The van der Waals surface area contributed by atoms with Crippen LogP contribution in [0, 0.1) is 12.7 Å². The zero-order valence-electron chi connectivity index (χ0n) is 15.5. The lowest BCUT2D eigenvalue weighted by atomic mass is 10.0. The number of benzene rings is 1. The number of nitrogens with one attached hydrogen (secondary N) is 1. The summed E-state index contributed by atoms with van der Waals surface area (Å²) in [6.45, 7) is 3.05. The van der Waals surface area contributed by atoms with Crippen molar-refractivity contribution in [3.8, 4) is 5.69 Å². The Morgan fingerprint density at radius 3 is 2.61 bits per heavy atom. The summed E-state index contributed by atoms with van der Waals surface area (Å²) in [5.74, 6) is -1.49. The number of hydrogen-bond donors (Lipinski definition) is 2. The molecule has 2 amide bonds. The normalized spacial score (nSPS) is 15.4. The third kappa shape index (κ3) is 4.42. The van der Waals surface area contributed by atoms with Gasteiger partial charge in [0.2, 0.25) is 11.3 Å². The number of amides is 2. The topological polar surface area (TPSA) is 110 Å². The second kappa shape index (κ2) is 8.30. The summed E-state index contributed by atoms with van der Waals surface area (Å²) in [4.78, 5) is 37.8. The highest BCUT2D eigenvalue weighted by atomic mass is 19.1. The van der Waals surface area contributed by atoms with Gasteiger partial charge in [-0.05, 0) is 31.9 Å². The number of piperidine rings is 1. The van der Waals surface area contributed by atoms with Gasteiger partial charge in [0.05, 0.1) is 6.54 Å². The van der Waals surface area contributed by atoms with E-state index in [9.17, 15) is 18.8 Å². The van der Waals surface area contributed by atoms with Crippen molar-refractivity contribution in [3.05, 3.63) is 57.8 Å². The number of halogens is 1. The minimum atomic E-state index is -0.594. The molecule has 0 atom stereocenters. The van der Waals surface area contributed by atoms with Gasteiger partial charge in [-0.25, -0.2) is 9.07 Å². The standard InChI is InChI=1S/C19H22FN5O3/c1-12-10-16(26)18(23-25(12)15-5-3-2-4-14(15)20)19(28)22-13-6-8-24(9-7-13)11-17(21)27/h2-5,10,13H,6-9,11H2,1H3,(H2,21,27)(H,22,28). The molecule has 1 aromatic carbocycles. The van der Waals surface area contributed by atoms with Crippen LogP contribution in [0.5, 0.6) is 0 Å². The Morgan fingerprint density at radius 2 is 1.96 bits per heavy atom. The average Bonchev–Trinajstić information content (AvgIpc) is 2.64. The van der Waals surface area contributed by atoms with E-state index in [2.05, 4.69) is 10.4 Å². The van der Waals surface area contributed by atoms with Crippen molar-refractivity contribution in [1.82, 2.24) is 20.0 Å². The molecule has 148 valence electrons. The Balaban J connectivity index is 1.76. The fourth-order valence-electron chi connectivity index (χ4n) is 3.28. The molecule has 1 saturated heterocycles. The molecule has 8 nitrogen and oxygen atoms in total. The predicted molar refractivity (Wildman–Crippen MR) is 101 cm³/mol. The first-order valence-electron chi connectivity index (χ1n) is 9.02. The smallest absolute Gasteiger partial charge is 0.276 e. The molecule has 0 bridgehead atoms. The number of aryl methyl sites for hydroxylation is 1. The largest absolute Gasteiger partial charge is 0.369 e. The zero-order valence-corrected chi connectivity index (χ0v) is 15.5. The molecule has 2 aromatic rings. The van der Waals surface area contributed by atoms with E-state index >= 15 is 0 Å². The molecule has 1 aliphatic heterocycles. The Kier molecular flexibility index (Phi) is 5.84. The number of aromatic nitrogens is 2. The van der Waals surface area contributed by atoms with Crippen LogP contribution in [-0.2, 0) is 4.79 Å². The molecular weight excluding hydrogens is 365 g/mol. The van der Waals surface area contributed by atoms with Crippen molar-refractivity contribution in [2.45, 2.75) is 25.8 Å². The molecule has 2 heterocycles. The van der Waals surface area contributed by atoms with Crippen LogP contribution in [0.4, 0.5) is 4.39 Å². The lowest BCUT2D eigenvalue weighted by molar-refractivity contribution is -0.119. The molecule has 0 saturated carbocycles. The molecule has 0 unspecified atom stereocenters. The number of para-hydroxylation sites is 1. The number of nitrogens with zero attached hydrogens (tertiary/aromatic N) is 3. The molecule has 0 aliphatic carbocycles. The van der Waals surface area contributed by atoms with Crippen LogP contribution in [0.2, 0.25) is 0 Å². The van der Waals surface area contributed by atoms with E-state index in [1.165, 1.54) is 22.9 Å². The maximum Gasteiger partial charge on any atom is 0.276 e. The van der Waals surface area contributed by atoms with Crippen LogP contribution in [0.15, 0.2) is 35.1 Å². The van der Waals surface area contributed by atoms with E-state index in [1.54, 1.807) is 19.1 Å². The van der Waals surface area contributed by atoms with Crippen LogP contribution in [0.1, 0.15) is 29.0 Å². The van der Waals surface area contributed by atoms with Crippen molar-refractivity contribution in [2.24, 2.45) is 5.73 Å². The van der Waals surface area contributed by atoms with E-state index in [4.69, 9.17) is 5.73 Å². The molecular formula is C19H22FN5O3. The number of carbonyl (C=O) groups excluding carboxylic acids is 2. The van der Waals surface area contributed by atoms with Gasteiger partial charge < -0.3 is 11.1 Å². The molecule has 9 heteroatoms. The van der Waals surface area contributed by atoms with Gasteiger partial charge in [0, 0.05) is 30.9 Å². The Morgan fingerprint density at radius 1 is 1.29 bits per heavy atom. The summed E-state index contributed by atoms with van der Waals surface area (Å²) in [7, 11) is 0. The summed E-state index contributed by atoms with van der Waals surface area (Å²) in [6.07, 6.45) is 1.26. The summed E-state index contributed by atoms with van der Waals surface area (Å²) in [6, 6.07) is 7.14. The number of likely N-dealkylation sites (tertiary alicyclic amines) is 1. The monoisotopic (exact) mass is 387 g/mol. The van der Waals surface area contributed by atoms with Crippen LogP contribution in [0.3, 0.4) is 0 Å². The number of carbonyl (C=O) groups is 2. The summed E-state index contributed by atoms with van der Waals surface area (Å²) in [5, 5.41) is 6.91. The molecule has 0 spiro atoms. The van der Waals surface area contributed by atoms with Gasteiger partial charge in [-0.1, -0.05) is 12.1 Å². The Hall–Kier alpha value is -3.07. The molecule has 1 aromatic heterocycles. The number of hydrogen-bond acceptors (Lipinski definition) is 5. The third-order valence-electron chi connectivity index (χ3n) is 4.71. The Bertz CT molecular complexity index is 951. The van der Waals surface area contributed by atoms with Crippen molar-refractivity contribution >= 4 is 11.8 Å². The van der Waals surface area contributed by atoms with E-state index in [0.717, 1.165) is 0 Å². The van der Waals surface area contributed by atoms with Crippen molar-refractivity contribution in [2.75, 3.05) is 19.6 Å². The average molecular weight is 387 g/mol. The molecule has 28 heavy (non-hydrogen) atoms. The molecule has 0 radical (unpaired) electrons. The van der Waals surface area contributed by atoms with Gasteiger partial charge in [0.1, 0.15) is 11.5 Å². The van der Waals surface area contributed by atoms with Gasteiger partial charge in [-0.15, -0.1) is 0 Å². The minimum Gasteiger partial charge on any atom is -0.369 e. The number of nitrogens with two attached hydrogens (primary N) is 1. The fraction of sp³-hybridized carbons (Fsp3) is 0.368. The summed E-state index contributed by atoms with van der Waals surface area (Å²) in [5.41, 5.74) is 4.97. The second-order valence-electron chi connectivity index (χ2n) is 6.85. The summed E-state index contributed by atoms with van der Waals surface area (Å²) >= 11 is 0. The van der Waals surface area contributed by atoms with Gasteiger partial charge >= 0.3 is 0 Å². The van der Waals surface area contributed by atoms with Gasteiger partial charge in [-0.2, -0.15) is 5.10 Å². The maximum absolute atomic E-state index is 14.1. The van der Waals surface area contributed by atoms with E-state index < -0.39 is 17.2 Å². The Labute approximate surface area is 161 Å². The zero-order chi connectivity index (χ0) is 20.3. The lowest BCUT2D eigenvalue weighted by Gasteiger charge is -2.31. The highest BCUT2D eigenvalue weighted by Gasteiger charge is 2.24. The van der Waals surface area contributed by atoms with Crippen molar-refractivity contribution in [3.63, 3.8) is 0 Å². The molecule has 3 rings (SSSR count). The number of primary amides is 1.